The highest BCUT2D eigenvalue weighted by atomic mass is 15.3. The zero-order valence-corrected chi connectivity index (χ0v) is 15.2. The quantitative estimate of drug-likeness (QED) is 0.792. The summed E-state index contributed by atoms with van der Waals surface area (Å²) in [6.07, 6.45) is 1.21. The van der Waals surface area contributed by atoms with E-state index < -0.39 is 0 Å². The summed E-state index contributed by atoms with van der Waals surface area (Å²) in [5.41, 5.74) is 0.296. The summed E-state index contributed by atoms with van der Waals surface area (Å²) in [5, 5.41) is 3.80. The molecule has 1 fully saturated rings. The Morgan fingerprint density at radius 3 is 2.05 bits per heavy atom. The van der Waals surface area contributed by atoms with Crippen molar-refractivity contribution in [2.75, 3.05) is 19.6 Å². The molecule has 20 heavy (non-hydrogen) atoms. The van der Waals surface area contributed by atoms with E-state index in [4.69, 9.17) is 0 Å². The number of nitrogens with zero attached hydrogens (tertiary/aromatic N) is 1. The lowest BCUT2D eigenvalue weighted by Gasteiger charge is -2.49. The average Bonchev–Trinajstić information content (AvgIpc) is 2.34. The molecule has 2 heteroatoms. The third-order valence-electron chi connectivity index (χ3n) is 5.47. The van der Waals surface area contributed by atoms with Gasteiger partial charge in [-0.25, -0.2) is 0 Å². The van der Waals surface area contributed by atoms with Crippen molar-refractivity contribution in [1.82, 2.24) is 10.2 Å². The van der Waals surface area contributed by atoms with Gasteiger partial charge in [-0.1, -0.05) is 48.5 Å². The van der Waals surface area contributed by atoms with Crippen molar-refractivity contribution >= 4 is 0 Å². The minimum absolute atomic E-state index is 0.296. The number of rotatable bonds is 6. The lowest BCUT2D eigenvalue weighted by atomic mass is 9.82. The van der Waals surface area contributed by atoms with Crippen molar-refractivity contribution in [1.29, 1.82) is 0 Å². The smallest absolute Gasteiger partial charge is 0.0278 e. The molecule has 0 saturated carbocycles. The molecule has 120 valence electrons. The van der Waals surface area contributed by atoms with E-state index in [0.29, 0.717) is 11.6 Å². The molecule has 1 aliphatic heterocycles. The monoisotopic (exact) mass is 282 g/mol. The van der Waals surface area contributed by atoms with Crippen LogP contribution in [0.2, 0.25) is 0 Å². The van der Waals surface area contributed by atoms with Crippen molar-refractivity contribution in [2.45, 2.75) is 73.4 Å². The zero-order valence-electron chi connectivity index (χ0n) is 15.2. The van der Waals surface area contributed by atoms with Gasteiger partial charge in [-0.2, -0.15) is 0 Å². The minimum Gasteiger partial charge on any atom is -0.309 e. The summed E-state index contributed by atoms with van der Waals surface area (Å²) in [5.74, 6) is 3.07. The highest BCUT2D eigenvalue weighted by molar-refractivity contribution is 4.96. The van der Waals surface area contributed by atoms with Gasteiger partial charge >= 0.3 is 0 Å². The second-order valence-corrected chi connectivity index (χ2v) is 8.19. The summed E-state index contributed by atoms with van der Waals surface area (Å²) in [4.78, 5) is 2.79. The van der Waals surface area contributed by atoms with E-state index in [1.54, 1.807) is 0 Å². The van der Waals surface area contributed by atoms with Crippen LogP contribution in [0, 0.1) is 23.7 Å². The van der Waals surface area contributed by atoms with Gasteiger partial charge in [-0.15, -0.1) is 0 Å². The molecule has 0 aliphatic carbocycles. The standard InChI is InChI=1S/C18H38N2/c1-9-18(8)12-20(17(10-19-18)15(6)7)11-16(13(2)3)14(4)5/h13-17,19H,9-12H2,1-8H3. The van der Waals surface area contributed by atoms with Crippen LogP contribution in [-0.2, 0) is 0 Å². The topological polar surface area (TPSA) is 15.3 Å². The third-order valence-corrected chi connectivity index (χ3v) is 5.47. The van der Waals surface area contributed by atoms with Crippen LogP contribution in [0.1, 0.15) is 61.8 Å². The van der Waals surface area contributed by atoms with Gasteiger partial charge in [0.05, 0.1) is 0 Å². The van der Waals surface area contributed by atoms with Gasteiger partial charge in [0.1, 0.15) is 0 Å². The van der Waals surface area contributed by atoms with Gasteiger partial charge in [-0.05, 0) is 37.0 Å². The SMILES string of the molecule is CCC1(C)CN(CC(C(C)C)C(C)C)C(C(C)C)CN1. The Hall–Kier alpha value is -0.0800. The van der Waals surface area contributed by atoms with E-state index in [1.165, 1.54) is 19.5 Å². The Balaban J connectivity index is 2.83. The predicted octanol–water partition coefficient (Wildman–Crippen LogP) is 4.01. The molecule has 1 rings (SSSR count). The second kappa shape index (κ2) is 7.26. The fourth-order valence-corrected chi connectivity index (χ4v) is 3.66. The van der Waals surface area contributed by atoms with Crippen molar-refractivity contribution < 1.29 is 0 Å². The van der Waals surface area contributed by atoms with Crippen LogP contribution in [0.4, 0.5) is 0 Å². The molecule has 0 radical (unpaired) electrons. The molecule has 2 atom stereocenters. The maximum absolute atomic E-state index is 3.80. The van der Waals surface area contributed by atoms with Gasteiger partial charge in [0.15, 0.2) is 0 Å². The van der Waals surface area contributed by atoms with E-state index in [1.807, 2.05) is 0 Å². The molecular formula is C18H38N2. The molecule has 0 aromatic carbocycles. The Morgan fingerprint density at radius 2 is 1.65 bits per heavy atom. The molecule has 2 nitrogen and oxygen atoms in total. The molecule has 0 amide bonds. The van der Waals surface area contributed by atoms with Crippen LogP contribution in [0.25, 0.3) is 0 Å². The molecule has 0 aromatic rings. The zero-order chi connectivity index (χ0) is 15.5. The van der Waals surface area contributed by atoms with Crippen molar-refractivity contribution in [3.05, 3.63) is 0 Å². The van der Waals surface area contributed by atoms with Crippen molar-refractivity contribution in [3.63, 3.8) is 0 Å². The van der Waals surface area contributed by atoms with Crippen molar-refractivity contribution in [2.24, 2.45) is 23.7 Å². The number of nitrogens with one attached hydrogen (secondary N) is 1. The molecule has 1 saturated heterocycles. The highest BCUT2D eigenvalue weighted by Gasteiger charge is 2.37. The number of hydrogen-bond donors (Lipinski definition) is 1. The molecule has 1 N–H and O–H groups in total. The Labute approximate surface area is 127 Å². The summed E-state index contributed by atoms with van der Waals surface area (Å²) in [7, 11) is 0. The van der Waals surface area contributed by atoms with E-state index in [2.05, 4.69) is 65.6 Å². The summed E-state index contributed by atoms with van der Waals surface area (Å²) in [6, 6.07) is 0.689. The molecule has 0 bridgehead atoms. The molecule has 1 aliphatic rings. The van der Waals surface area contributed by atoms with E-state index >= 15 is 0 Å². The van der Waals surface area contributed by atoms with Crippen LogP contribution >= 0.6 is 0 Å². The van der Waals surface area contributed by atoms with Gasteiger partial charge in [0.2, 0.25) is 0 Å². The second-order valence-electron chi connectivity index (χ2n) is 8.19. The minimum atomic E-state index is 0.296. The Bertz CT molecular complexity index is 277. The van der Waals surface area contributed by atoms with E-state index in [-0.39, 0.29) is 0 Å². The Kier molecular flexibility index (Phi) is 6.53. The van der Waals surface area contributed by atoms with Crippen LogP contribution in [0.15, 0.2) is 0 Å². The van der Waals surface area contributed by atoms with Gasteiger partial charge in [0, 0.05) is 31.2 Å². The Morgan fingerprint density at radius 1 is 1.10 bits per heavy atom. The highest BCUT2D eigenvalue weighted by Crippen LogP contribution is 2.28. The maximum atomic E-state index is 3.80. The van der Waals surface area contributed by atoms with E-state index in [0.717, 1.165) is 30.2 Å². The largest absolute Gasteiger partial charge is 0.309 e. The first-order valence-electron chi connectivity index (χ1n) is 8.69. The summed E-state index contributed by atoms with van der Waals surface area (Å²) >= 11 is 0. The van der Waals surface area contributed by atoms with Crippen LogP contribution in [0.5, 0.6) is 0 Å². The number of piperazine rings is 1. The first-order chi connectivity index (χ1) is 9.20. The van der Waals surface area contributed by atoms with Crippen LogP contribution < -0.4 is 5.32 Å². The first kappa shape index (κ1) is 18.0. The fourth-order valence-electron chi connectivity index (χ4n) is 3.66. The van der Waals surface area contributed by atoms with Crippen LogP contribution in [0.3, 0.4) is 0 Å². The van der Waals surface area contributed by atoms with Gasteiger partial charge in [-0.3, -0.25) is 4.90 Å². The molecule has 1 heterocycles. The third kappa shape index (κ3) is 4.46. The van der Waals surface area contributed by atoms with E-state index in [9.17, 15) is 0 Å². The fraction of sp³-hybridized carbons (Fsp3) is 1.00. The van der Waals surface area contributed by atoms with Crippen molar-refractivity contribution in [3.8, 4) is 0 Å². The van der Waals surface area contributed by atoms with Gasteiger partial charge < -0.3 is 5.32 Å². The molecule has 0 spiro atoms. The maximum Gasteiger partial charge on any atom is 0.0278 e. The molecule has 2 unspecified atom stereocenters. The predicted molar refractivity (Wildman–Crippen MR) is 90.1 cm³/mol. The lowest BCUT2D eigenvalue weighted by Crippen LogP contribution is -2.64. The molecule has 0 aromatic heterocycles. The summed E-state index contributed by atoms with van der Waals surface area (Å²) < 4.78 is 0. The summed E-state index contributed by atoms with van der Waals surface area (Å²) in [6.45, 7) is 22.6. The average molecular weight is 283 g/mol. The van der Waals surface area contributed by atoms with Gasteiger partial charge in [0.25, 0.3) is 0 Å². The van der Waals surface area contributed by atoms with Crippen LogP contribution in [-0.4, -0.2) is 36.1 Å². The first-order valence-corrected chi connectivity index (χ1v) is 8.69. The molecular weight excluding hydrogens is 244 g/mol. The lowest BCUT2D eigenvalue weighted by molar-refractivity contribution is 0.0324. The number of hydrogen-bond acceptors (Lipinski definition) is 2. The normalized spacial score (nSPS) is 29.1.